The Hall–Kier alpha value is -1.24. The van der Waals surface area contributed by atoms with Crippen LogP contribution in [0.25, 0.3) is 0 Å². The Morgan fingerprint density at radius 1 is 1.12 bits per heavy atom. The second kappa shape index (κ2) is 18.1. The molecule has 1 fully saturated rings. The summed E-state index contributed by atoms with van der Waals surface area (Å²) < 4.78 is 6.43. The van der Waals surface area contributed by atoms with Crippen LogP contribution in [0.1, 0.15) is 25.5 Å². The van der Waals surface area contributed by atoms with Crippen molar-refractivity contribution in [2.45, 2.75) is 38.9 Å². The summed E-state index contributed by atoms with van der Waals surface area (Å²) >= 11 is 4.11. The van der Waals surface area contributed by atoms with Gasteiger partial charge in [-0.25, -0.2) is 9.48 Å². The summed E-state index contributed by atoms with van der Waals surface area (Å²) in [5.74, 6) is -0.658. The van der Waals surface area contributed by atoms with Gasteiger partial charge in [0.15, 0.2) is 0 Å². The number of carbonyl (C=O) groups excluding carboxylic acids is 2. The van der Waals surface area contributed by atoms with Crippen LogP contribution in [0.3, 0.4) is 0 Å². The smallest absolute Gasteiger partial charge is 0.329 e. The molecule has 1 aliphatic rings. The number of hydrogen-bond donors (Lipinski definition) is 5. The second-order valence-electron chi connectivity index (χ2n) is 7.70. The fourth-order valence-electron chi connectivity index (χ4n) is 3.35. The van der Waals surface area contributed by atoms with Crippen molar-refractivity contribution in [3.8, 4) is 0 Å². The first kappa shape index (κ1) is 29.8. The molecule has 0 aromatic carbocycles. The van der Waals surface area contributed by atoms with E-state index in [-0.39, 0.29) is 41.3 Å². The maximum atomic E-state index is 12.3. The van der Waals surface area contributed by atoms with E-state index in [9.17, 15) is 9.59 Å². The molecule has 0 saturated carbocycles. The molecule has 1 atom stereocenters. The molecule has 11 nitrogen and oxygen atoms in total. The molecule has 2 heterocycles. The van der Waals surface area contributed by atoms with Gasteiger partial charge >= 0.3 is 5.97 Å². The van der Waals surface area contributed by atoms with Gasteiger partial charge < -0.3 is 26.0 Å². The number of aromatic nitrogens is 3. The summed E-state index contributed by atoms with van der Waals surface area (Å²) in [6.07, 6.45) is 3.94. The van der Waals surface area contributed by atoms with Gasteiger partial charge in [0.25, 0.3) is 0 Å². The van der Waals surface area contributed by atoms with E-state index in [0.29, 0.717) is 6.54 Å². The third-order valence-electron chi connectivity index (χ3n) is 4.98. The molecular weight excluding hydrogens is 491 g/mol. The molecule has 0 spiro atoms. The van der Waals surface area contributed by atoms with E-state index in [0.717, 1.165) is 70.9 Å². The first-order chi connectivity index (χ1) is 15.6. The van der Waals surface area contributed by atoms with E-state index in [1.807, 2.05) is 0 Å². The van der Waals surface area contributed by atoms with Crippen LogP contribution in [0, 0.1) is 0 Å². The first-order valence-corrected chi connectivity index (χ1v) is 12.1. The molecule has 0 aliphatic carbocycles. The molecule has 192 valence electrons. The summed E-state index contributed by atoms with van der Waals surface area (Å²) in [6.45, 7) is 10.4. The fourth-order valence-corrected chi connectivity index (χ4v) is 3.59. The normalized spacial score (nSPS) is 17.9. The molecule has 1 aliphatic heterocycles. The summed E-state index contributed by atoms with van der Waals surface area (Å²) in [4.78, 5) is 26.5. The van der Waals surface area contributed by atoms with Gasteiger partial charge in [0.2, 0.25) is 5.91 Å². The third-order valence-corrected chi connectivity index (χ3v) is 5.35. The molecule has 1 saturated heterocycles. The number of nitrogens with one attached hydrogen (secondary N) is 4. The van der Waals surface area contributed by atoms with E-state index in [2.05, 4.69) is 49.1 Å². The van der Waals surface area contributed by atoms with Crippen LogP contribution in [-0.2, 0) is 43.9 Å². The molecule has 13 heteroatoms. The molecule has 4 N–H and O–H groups in total. The number of nitrogens with zero attached hydrogens (tertiary/aromatic N) is 4. The number of ether oxygens (including phenoxy) is 1. The standard InChI is InChI=1S/C20H38N8O3S.Ni/c1-2-31-20(30)18(16-32)24-19(29)15-28-14-17(25-26-28)13-27-11-4-7-22-9-8-21-5-3-6-23-10-12-27;/h14,18,21-23,32H,2-13,15-16H2,1H3,(H,24,29);/t18-;/m0./s1. The molecule has 0 bridgehead atoms. The molecule has 1 amide bonds. The predicted octanol–water partition coefficient (Wildman–Crippen LogP) is -1.38. The fraction of sp³-hybridized carbons (Fsp3) is 0.800. The van der Waals surface area contributed by atoms with E-state index in [1.165, 1.54) is 4.68 Å². The Morgan fingerprint density at radius 2 is 1.82 bits per heavy atom. The summed E-state index contributed by atoms with van der Waals surface area (Å²) in [5, 5.41) is 21.3. The largest absolute Gasteiger partial charge is 0.464 e. The van der Waals surface area contributed by atoms with Crippen LogP contribution >= 0.6 is 12.6 Å². The van der Waals surface area contributed by atoms with Crippen molar-refractivity contribution in [3.63, 3.8) is 0 Å². The van der Waals surface area contributed by atoms with Crippen LogP contribution in [0.4, 0.5) is 0 Å². The molecular formula is C20H38N8NiO3S. The maximum Gasteiger partial charge on any atom is 0.329 e. The van der Waals surface area contributed by atoms with Gasteiger partial charge in [-0.2, -0.15) is 12.6 Å². The predicted molar refractivity (Wildman–Crippen MR) is 126 cm³/mol. The van der Waals surface area contributed by atoms with Gasteiger partial charge in [-0.1, -0.05) is 5.21 Å². The zero-order valence-corrected chi connectivity index (χ0v) is 21.2. The van der Waals surface area contributed by atoms with Gasteiger partial charge in [-0.15, -0.1) is 5.10 Å². The minimum absolute atomic E-state index is 0. The van der Waals surface area contributed by atoms with Crippen molar-refractivity contribution in [2.75, 3.05) is 64.7 Å². The maximum absolute atomic E-state index is 12.3. The van der Waals surface area contributed by atoms with Crippen LogP contribution < -0.4 is 21.3 Å². The van der Waals surface area contributed by atoms with Crippen molar-refractivity contribution >= 4 is 24.5 Å². The molecule has 1 aromatic rings. The number of rotatable bonds is 8. The van der Waals surface area contributed by atoms with Crippen LogP contribution in [0.5, 0.6) is 0 Å². The summed E-state index contributed by atoms with van der Waals surface area (Å²) in [5.41, 5.74) is 0.812. The minimum atomic E-state index is -0.776. The summed E-state index contributed by atoms with van der Waals surface area (Å²) in [7, 11) is 0. The summed E-state index contributed by atoms with van der Waals surface area (Å²) in [6, 6.07) is -0.776. The van der Waals surface area contributed by atoms with Crippen LogP contribution in [0.15, 0.2) is 6.20 Å². The average molecular weight is 529 g/mol. The number of hydrogen-bond acceptors (Lipinski definition) is 10. The topological polar surface area (TPSA) is 125 Å². The van der Waals surface area contributed by atoms with Crippen molar-refractivity contribution < 1.29 is 30.8 Å². The Kier molecular flexibility index (Phi) is 16.4. The van der Waals surface area contributed by atoms with Gasteiger partial charge in [-0.3, -0.25) is 9.69 Å². The molecule has 2 rings (SSSR count). The van der Waals surface area contributed by atoms with Crippen molar-refractivity contribution in [2.24, 2.45) is 0 Å². The van der Waals surface area contributed by atoms with Gasteiger partial charge in [-0.05, 0) is 45.9 Å². The van der Waals surface area contributed by atoms with E-state index in [1.54, 1.807) is 13.1 Å². The molecule has 33 heavy (non-hydrogen) atoms. The zero-order valence-electron chi connectivity index (χ0n) is 19.3. The number of amides is 1. The van der Waals surface area contributed by atoms with Crippen LogP contribution in [-0.4, -0.2) is 103 Å². The van der Waals surface area contributed by atoms with Gasteiger partial charge in [0, 0.05) is 55.0 Å². The second-order valence-corrected chi connectivity index (χ2v) is 8.06. The molecule has 0 unspecified atom stereocenters. The average Bonchev–Trinajstić information content (AvgIpc) is 3.21. The van der Waals surface area contributed by atoms with Crippen molar-refractivity contribution in [3.05, 3.63) is 11.9 Å². The minimum Gasteiger partial charge on any atom is -0.464 e. The quantitative estimate of drug-likeness (QED) is 0.157. The number of carbonyl (C=O) groups is 2. The SMILES string of the molecule is CCOC(=O)[C@H](CS)NC(=O)Cn1cc(CN2CCCNCCNCCCNCC2)nn1.[Ni]. The number of thiol groups is 1. The monoisotopic (exact) mass is 528 g/mol. The Labute approximate surface area is 211 Å². The van der Waals surface area contributed by atoms with Crippen LogP contribution in [0.2, 0.25) is 0 Å². The number of esters is 1. The first-order valence-electron chi connectivity index (χ1n) is 11.4. The van der Waals surface area contributed by atoms with Crippen molar-refractivity contribution in [1.29, 1.82) is 0 Å². The van der Waals surface area contributed by atoms with Crippen molar-refractivity contribution in [1.82, 2.24) is 41.2 Å². The van der Waals surface area contributed by atoms with Gasteiger partial charge in [0.1, 0.15) is 12.6 Å². The zero-order chi connectivity index (χ0) is 23.0. The van der Waals surface area contributed by atoms with E-state index < -0.39 is 12.0 Å². The van der Waals surface area contributed by atoms with Gasteiger partial charge in [0.05, 0.1) is 18.5 Å². The van der Waals surface area contributed by atoms with E-state index in [4.69, 9.17) is 4.74 Å². The molecule has 1 aromatic heterocycles. The van der Waals surface area contributed by atoms with E-state index >= 15 is 0 Å². The third kappa shape index (κ3) is 12.7. The molecule has 0 radical (unpaired) electrons. The Morgan fingerprint density at radius 3 is 2.52 bits per heavy atom. The Bertz CT molecular complexity index is 667. The Balaban J connectivity index is 0.00000544.